The summed E-state index contributed by atoms with van der Waals surface area (Å²) in [6, 6.07) is 0. The van der Waals surface area contributed by atoms with Gasteiger partial charge in [-0.2, -0.15) is 11.8 Å². The third kappa shape index (κ3) is 3.15. The molecule has 1 aliphatic rings. The number of carbonyl (C=O) groups excluding carboxylic acids is 1. The first kappa shape index (κ1) is 10.1. The number of thioether (sulfide) groups is 1. The lowest BCUT2D eigenvalue weighted by molar-refractivity contribution is -0.119. The number of rotatable bonds is 5. The maximum Gasteiger partial charge on any atom is 0.148 e. The van der Waals surface area contributed by atoms with Gasteiger partial charge in [-0.05, 0) is 25.5 Å². The molecule has 1 aliphatic heterocycles. The Balaban J connectivity index is 2.10. The third-order valence-electron chi connectivity index (χ3n) is 1.99. The lowest BCUT2D eigenvalue weighted by atomic mass is 10.1. The minimum absolute atomic E-state index is 0.283. The SMILES string of the molecule is CCOCCC(=O)C1CCCS1. The molecule has 0 saturated carbocycles. The minimum Gasteiger partial charge on any atom is -0.381 e. The van der Waals surface area contributed by atoms with Gasteiger partial charge in [-0.3, -0.25) is 4.79 Å². The first-order valence-electron chi connectivity index (χ1n) is 4.56. The van der Waals surface area contributed by atoms with Crippen LogP contribution in [0.2, 0.25) is 0 Å². The van der Waals surface area contributed by atoms with Crippen LogP contribution in [0.1, 0.15) is 26.2 Å². The van der Waals surface area contributed by atoms with Gasteiger partial charge in [-0.15, -0.1) is 0 Å². The Morgan fingerprint density at radius 3 is 3.08 bits per heavy atom. The van der Waals surface area contributed by atoms with Crippen LogP contribution in [0.15, 0.2) is 0 Å². The van der Waals surface area contributed by atoms with Crippen LogP contribution in [-0.2, 0) is 9.53 Å². The van der Waals surface area contributed by atoms with E-state index in [1.165, 1.54) is 6.42 Å². The van der Waals surface area contributed by atoms with E-state index in [0.717, 1.165) is 12.2 Å². The lowest BCUT2D eigenvalue weighted by Crippen LogP contribution is -2.15. The molecule has 0 bridgehead atoms. The average molecular weight is 188 g/mol. The molecule has 1 rings (SSSR count). The summed E-state index contributed by atoms with van der Waals surface area (Å²) >= 11 is 1.80. The average Bonchev–Trinajstić information content (AvgIpc) is 2.56. The Hall–Kier alpha value is -0.0200. The molecule has 0 aromatic rings. The molecular formula is C9H16O2S. The summed E-state index contributed by atoms with van der Waals surface area (Å²) in [6.07, 6.45) is 2.89. The van der Waals surface area contributed by atoms with Gasteiger partial charge in [0.15, 0.2) is 0 Å². The topological polar surface area (TPSA) is 26.3 Å². The van der Waals surface area contributed by atoms with Crippen LogP contribution in [0, 0.1) is 0 Å². The third-order valence-corrected chi connectivity index (χ3v) is 3.41. The van der Waals surface area contributed by atoms with Crippen molar-refractivity contribution in [2.75, 3.05) is 19.0 Å². The van der Waals surface area contributed by atoms with Crippen LogP contribution in [0.3, 0.4) is 0 Å². The summed E-state index contributed by atoms with van der Waals surface area (Å²) in [5, 5.41) is 0.283. The molecule has 3 heteroatoms. The van der Waals surface area contributed by atoms with Gasteiger partial charge in [0.05, 0.1) is 11.9 Å². The molecule has 0 aromatic heterocycles. The molecule has 2 nitrogen and oxygen atoms in total. The van der Waals surface area contributed by atoms with Gasteiger partial charge in [-0.1, -0.05) is 0 Å². The molecule has 12 heavy (non-hydrogen) atoms. The molecule has 1 fully saturated rings. The minimum atomic E-state index is 0.283. The fourth-order valence-electron chi connectivity index (χ4n) is 1.31. The van der Waals surface area contributed by atoms with Crippen molar-refractivity contribution in [2.24, 2.45) is 0 Å². The second kappa shape index (κ2) is 5.60. The van der Waals surface area contributed by atoms with Crippen LogP contribution >= 0.6 is 11.8 Å². The molecule has 1 atom stereocenters. The molecule has 0 spiro atoms. The van der Waals surface area contributed by atoms with Crippen LogP contribution < -0.4 is 0 Å². The number of Topliss-reactive ketones (excluding diaryl/α,β-unsaturated/α-hetero) is 1. The Kier molecular flexibility index (Phi) is 4.69. The molecule has 0 aromatic carbocycles. The summed E-state index contributed by atoms with van der Waals surface area (Å²) in [5.41, 5.74) is 0. The Morgan fingerprint density at radius 1 is 1.67 bits per heavy atom. The van der Waals surface area contributed by atoms with E-state index in [-0.39, 0.29) is 5.25 Å². The van der Waals surface area contributed by atoms with Crippen LogP contribution in [-0.4, -0.2) is 30.0 Å². The van der Waals surface area contributed by atoms with Gasteiger partial charge in [0.25, 0.3) is 0 Å². The van der Waals surface area contributed by atoms with Crippen LogP contribution in [0.5, 0.6) is 0 Å². The first-order chi connectivity index (χ1) is 5.84. The molecule has 1 unspecified atom stereocenters. The van der Waals surface area contributed by atoms with Crippen molar-refractivity contribution in [3.05, 3.63) is 0 Å². The van der Waals surface area contributed by atoms with Crippen molar-refractivity contribution in [1.82, 2.24) is 0 Å². The van der Waals surface area contributed by atoms with E-state index < -0.39 is 0 Å². The quantitative estimate of drug-likeness (QED) is 0.616. The second-order valence-electron chi connectivity index (χ2n) is 2.91. The van der Waals surface area contributed by atoms with E-state index in [9.17, 15) is 4.79 Å². The highest BCUT2D eigenvalue weighted by molar-refractivity contribution is 8.00. The van der Waals surface area contributed by atoms with Crippen LogP contribution in [0.25, 0.3) is 0 Å². The summed E-state index contributed by atoms with van der Waals surface area (Å²) < 4.78 is 5.13. The number of hydrogen-bond acceptors (Lipinski definition) is 3. The van der Waals surface area contributed by atoms with Crippen molar-refractivity contribution in [1.29, 1.82) is 0 Å². The van der Waals surface area contributed by atoms with E-state index in [1.807, 2.05) is 6.92 Å². The Labute approximate surface area is 78.1 Å². The van der Waals surface area contributed by atoms with Crippen molar-refractivity contribution in [2.45, 2.75) is 31.4 Å². The smallest absolute Gasteiger partial charge is 0.148 e. The molecular weight excluding hydrogens is 172 g/mol. The molecule has 1 heterocycles. The van der Waals surface area contributed by atoms with Crippen LogP contribution in [0.4, 0.5) is 0 Å². The fraction of sp³-hybridized carbons (Fsp3) is 0.889. The van der Waals surface area contributed by atoms with E-state index in [0.29, 0.717) is 25.4 Å². The maximum atomic E-state index is 11.4. The zero-order chi connectivity index (χ0) is 8.81. The highest BCUT2D eigenvalue weighted by atomic mass is 32.2. The van der Waals surface area contributed by atoms with Gasteiger partial charge >= 0.3 is 0 Å². The van der Waals surface area contributed by atoms with Gasteiger partial charge in [0.2, 0.25) is 0 Å². The standard InChI is InChI=1S/C9H16O2S/c1-2-11-6-5-8(10)9-4-3-7-12-9/h9H,2-7H2,1H3. The van der Waals surface area contributed by atoms with Crippen molar-refractivity contribution < 1.29 is 9.53 Å². The van der Waals surface area contributed by atoms with E-state index >= 15 is 0 Å². The predicted octanol–water partition coefficient (Wildman–Crippen LogP) is 1.88. The highest BCUT2D eigenvalue weighted by Gasteiger charge is 2.22. The molecule has 0 aliphatic carbocycles. The fourth-order valence-corrected chi connectivity index (χ4v) is 2.56. The van der Waals surface area contributed by atoms with Gasteiger partial charge in [0, 0.05) is 13.0 Å². The molecule has 0 amide bonds. The highest BCUT2D eigenvalue weighted by Crippen LogP contribution is 2.27. The van der Waals surface area contributed by atoms with Crippen molar-refractivity contribution in [3.8, 4) is 0 Å². The molecule has 70 valence electrons. The summed E-state index contributed by atoms with van der Waals surface area (Å²) in [5.74, 6) is 1.54. The predicted molar refractivity (Wildman–Crippen MR) is 51.6 cm³/mol. The second-order valence-corrected chi connectivity index (χ2v) is 4.23. The van der Waals surface area contributed by atoms with E-state index in [4.69, 9.17) is 4.74 Å². The number of ketones is 1. The zero-order valence-electron chi connectivity index (χ0n) is 7.54. The maximum absolute atomic E-state index is 11.4. The molecule has 1 saturated heterocycles. The molecule has 0 N–H and O–H groups in total. The van der Waals surface area contributed by atoms with E-state index in [1.54, 1.807) is 11.8 Å². The lowest BCUT2D eigenvalue weighted by Gasteiger charge is -2.06. The Bertz CT molecular complexity index is 141. The first-order valence-corrected chi connectivity index (χ1v) is 5.61. The normalized spacial score (nSPS) is 22.9. The van der Waals surface area contributed by atoms with Crippen molar-refractivity contribution >= 4 is 17.5 Å². The van der Waals surface area contributed by atoms with Gasteiger partial charge in [-0.25, -0.2) is 0 Å². The summed E-state index contributed by atoms with van der Waals surface area (Å²) in [7, 11) is 0. The van der Waals surface area contributed by atoms with E-state index in [2.05, 4.69) is 0 Å². The number of carbonyl (C=O) groups is 1. The summed E-state index contributed by atoms with van der Waals surface area (Å²) in [6.45, 7) is 3.27. The van der Waals surface area contributed by atoms with Gasteiger partial charge in [0.1, 0.15) is 5.78 Å². The largest absolute Gasteiger partial charge is 0.381 e. The summed E-state index contributed by atoms with van der Waals surface area (Å²) in [4.78, 5) is 11.4. The van der Waals surface area contributed by atoms with Crippen molar-refractivity contribution in [3.63, 3.8) is 0 Å². The Morgan fingerprint density at radius 2 is 2.50 bits per heavy atom. The molecule has 0 radical (unpaired) electrons. The number of ether oxygens (including phenoxy) is 1. The zero-order valence-corrected chi connectivity index (χ0v) is 8.36. The monoisotopic (exact) mass is 188 g/mol. The number of hydrogen-bond donors (Lipinski definition) is 0. The van der Waals surface area contributed by atoms with Gasteiger partial charge < -0.3 is 4.74 Å².